The van der Waals surface area contributed by atoms with Crippen LogP contribution in [0.2, 0.25) is 0 Å². The van der Waals surface area contributed by atoms with Gasteiger partial charge in [0.2, 0.25) is 0 Å². The van der Waals surface area contributed by atoms with E-state index in [4.69, 9.17) is 12.2 Å². The van der Waals surface area contributed by atoms with Crippen molar-refractivity contribution in [1.29, 1.82) is 0 Å². The van der Waals surface area contributed by atoms with Crippen molar-refractivity contribution in [3.05, 3.63) is 74.6 Å². The summed E-state index contributed by atoms with van der Waals surface area (Å²) in [6, 6.07) is 12.4. The largest absolute Gasteiger partial charge is 0.343 e. The first kappa shape index (κ1) is 23.0. The van der Waals surface area contributed by atoms with E-state index in [1.165, 1.54) is 5.56 Å². The molecule has 3 rings (SSSR count). The van der Waals surface area contributed by atoms with Crippen LogP contribution in [0, 0.1) is 27.7 Å². The molecule has 1 aromatic heterocycles. The lowest BCUT2D eigenvalue weighted by Crippen LogP contribution is -2.40. The van der Waals surface area contributed by atoms with Crippen molar-refractivity contribution in [3.63, 3.8) is 0 Å². The molecule has 164 valence electrons. The second-order valence-corrected chi connectivity index (χ2v) is 9.03. The third kappa shape index (κ3) is 5.71. The normalized spacial score (nSPS) is 11.2. The summed E-state index contributed by atoms with van der Waals surface area (Å²) in [6.45, 7) is 10.3. The zero-order chi connectivity index (χ0) is 22.7. The molecule has 6 heteroatoms. The lowest BCUT2D eigenvalue weighted by Gasteiger charge is -2.27. The van der Waals surface area contributed by atoms with Crippen LogP contribution in [-0.2, 0) is 6.54 Å². The Morgan fingerprint density at radius 3 is 2.35 bits per heavy atom. The molecular formula is C25H32N4OS. The number of rotatable bonds is 6. The van der Waals surface area contributed by atoms with Crippen LogP contribution in [0.4, 0.5) is 5.69 Å². The summed E-state index contributed by atoms with van der Waals surface area (Å²) in [4.78, 5) is 20.1. The molecule has 1 heterocycles. The number of thiocarbonyl (C=S) groups is 1. The van der Waals surface area contributed by atoms with Crippen molar-refractivity contribution in [2.45, 2.75) is 34.2 Å². The smallest absolute Gasteiger partial charge is 0.253 e. The Morgan fingerprint density at radius 2 is 1.68 bits per heavy atom. The van der Waals surface area contributed by atoms with Crippen molar-refractivity contribution in [3.8, 4) is 0 Å². The van der Waals surface area contributed by atoms with E-state index in [0.717, 1.165) is 39.8 Å². The molecule has 0 amide bonds. The lowest BCUT2D eigenvalue weighted by atomic mass is 10.0. The summed E-state index contributed by atoms with van der Waals surface area (Å²) in [6.07, 6.45) is 0. The second-order valence-electron chi connectivity index (χ2n) is 8.64. The van der Waals surface area contributed by atoms with Gasteiger partial charge in [-0.05, 0) is 88.9 Å². The van der Waals surface area contributed by atoms with Gasteiger partial charge < -0.3 is 20.1 Å². The van der Waals surface area contributed by atoms with Crippen LogP contribution in [0.25, 0.3) is 10.9 Å². The van der Waals surface area contributed by atoms with Gasteiger partial charge in [0, 0.05) is 35.2 Å². The SMILES string of the molecule is Cc1ccc(NC(=S)N(CCN(C)C)Cc2cc3c(C)cc(C)cc3[nH]c2=O)c(C)c1. The Morgan fingerprint density at radius 1 is 0.968 bits per heavy atom. The van der Waals surface area contributed by atoms with E-state index >= 15 is 0 Å². The number of fused-ring (bicyclic) bond motifs is 1. The monoisotopic (exact) mass is 436 g/mol. The van der Waals surface area contributed by atoms with E-state index in [1.807, 2.05) is 33.2 Å². The fraction of sp³-hybridized carbons (Fsp3) is 0.360. The average molecular weight is 437 g/mol. The Kier molecular flexibility index (Phi) is 7.13. The number of nitrogens with zero attached hydrogens (tertiary/aromatic N) is 2. The number of hydrogen-bond acceptors (Lipinski definition) is 3. The number of nitrogens with one attached hydrogen (secondary N) is 2. The van der Waals surface area contributed by atoms with E-state index in [9.17, 15) is 4.79 Å². The lowest BCUT2D eigenvalue weighted by molar-refractivity contribution is 0.327. The second kappa shape index (κ2) is 9.62. The van der Waals surface area contributed by atoms with Crippen molar-refractivity contribution >= 4 is 33.9 Å². The molecule has 0 aliphatic heterocycles. The van der Waals surface area contributed by atoms with Crippen LogP contribution in [0.1, 0.15) is 27.8 Å². The van der Waals surface area contributed by atoms with Gasteiger partial charge >= 0.3 is 0 Å². The maximum Gasteiger partial charge on any atom is 0.253 e. The number of H-pyrrole nitrogens is 1. The van der Waals surface area contributed by atoms with Crippen LogP contribution in [0.15, 0.2) is 41.2 Å². The van der Waals surface area contributed by atoms with Gasteiger partial charge in [-0.25, -0.2) is 0 Å². The predicted octanol–water partition coefficient (Wildman–Crippen LogP) is 4.52. The maximum absolute atomic E-state index is 12.8. The topological polar surface area (TPSA) is 51.4 Å². The fourth-order valence-corrected chi connectivity index (χ4v) is 4.03. The molecule has 31 heavy (non-hydrogen) atoms. The summed E-state index contributed by atoms with van der Waals surface area (Å²) >= 11 is 5.77. The quantitative estimate of drug-likeness (QED) is 0.557. The fourth-order valence-electron chi connectivity index (χ4n) is 3.76. The average Bonchev–Trinajstić information content (AvgIpc) is 2.67. The third-order valence-electron chi connectivity index (χ3n) is 5.48. The Bertz CT molecular complexity index is 1170. The summed E-state index contributed by atoms with van der Waals surface area (Å²) in [5.41, 5.74) is 7.16. The number of aromatic amines is 1. The van der Waals surface area contributed by atoms with Crippen molar-refractivity contribution in [1.82, 2.24) is 14.8 Å². The van der Waals surface area contributed by atoms with Crippen LogP contribution in [0.3, 0.4) is 0 Å². The number of aromatic nitrogens is 1. The van der Waals surface area contributed by atoms with Gasteiger partial charge in [0.25, 0.3) is 5.56 Å². The highest BCUT2D eigenvalue weighted by Gasteiger charge is 2.15. The number of likely N-dealkylation sites (N-methyl/N-ethyl adjacent to an activating group) is 1. The van der Waals surface area contributed by atoms with Gasteiger partial charge in [0.1, 0.15) is 0 Å². The van der Waals surface area contributed by atoms with E-state index in [0.29, 0.717) is 23.8 Å². The Balaban J connectivity index is 1.91. The van der Waals surface area contributed by atoms with Crippen molar-refractivity contribution in [2.75, 3.05) is 32.5 Å². The van der Waals surface area contributed by atoms with Crippen molar-refractivity contribution < 1.29 is 0 Å². The highest BCUT2D eigenvalue weighted by molar-refractivity contribution is 7.80. The van der Waals surface area contributed by atoms with Gasteiger partial charge in [-0.2, -0.15) is 0 Å². The molecule has 0 radical (unpaired) electrons. The number of aryl methyl sites for hydroxylation is 4. The summed E-state index contributed by atoms with van der Waals surface area (Å²) < 4.78 is 0. The van der Waals surface area contributed by atoms with Crippen LogP contribution >= 0.6 is 12.2 Å². The molecule has 2 N–H and O–H groups in total. The minimum Gasteiger partial charge on any atom is -0.343 e. The number of anilines is 1. The molecule has 0 saturated carbocycles. The molecule has 3 aromatic rings. The molecule has 0 atom stereocenters. The van der Waals surface area contributed by atoms with E-state index in [2.05, 4.69) is 65.1 Å². The molecule has 5 nitrogen and oxygen atoms in total. The van der Waals surface area contributed by atoms with E-state index < -0.39 is 0 Å². The minimum atomic E-state index is -0.0679. The zero-order valence-corrected chi connectivity index (χ0v) is 20.1. The molecule has 0 aliphatic rings. The predicted molar refractivity (Wildman–Crippen MR) is 135 cm³/mol. The van der Waals surface area contributed by atoms with Gasteiger partial charge in [-0.3, -0.25) is 4.79 Å². The molecule has 0 fully saturated rings. The van der Waals surface area contributed by atoms with Crippen molar-refractivity contribution in [2.24, 2.45) is 0 Å². The van der Waals surface area contributed by atoms with Gasteiger partial charge in [0.05, 0.1) is 6.54 Å². The number of benzene rings is 2. The number of pyridine rings is 1. The summed E-state index contributed by atoms with van der Waals surface area (Å²) in [5.74, 6) is 0. The van der Waals surface area contributed by atoms with Gasteiger partial charge in [0.15, 0.2) is 5.11 Å². The molecule has 2 aromatic carbocycles. The first-order valence-electron chi connectivity index (χ1n) is 10.5. The highest BCUT2D eigenvalue weighted by atomic mass is 32.1. The Labute approximate surface area is 190 Å². The number of hydrogen-bond donors (Lipinski definition) is 2. The van der Waals surface area contributed by atoms with Crippen LogP contribution in [-0.4, -0.2) is 47.1 Å². The highest BCUT2D eigenvalue weighted by Crippen LogP contribution is 2.20. The first-order chi connectivity index (χ1) is 14.6. The molecule has 0 spiro atoms. The zero-order valence-electron chi connectivity index (χ0n) is 19.3. The van der Waals surface area contributed by atoms with Crippen LogP contribution < -0.4 is 10.9 Å². The molecular weight excluding hydrogens is 404 g/mol. The molecule has 0 bridgehead atoms. The standard InChI is InChI=1S/C25H32N4OS/c1-16-7-8-22(19(4)11-16)27-25(31)29(10-9-28(5)6)15-20-14-21-18(3)12-17(2)13-23(21)26-24(20)30/h7-8,11-14H,9-10,15H2,1-6H3,(H,26,30)(H,27,31). The van der Waals surface area contributed by atoms with Gasteiger partial charge in [-0.1, -0.05) is 23.8 Å². The van der Waals surface area contributed by atoms with E-state index in [1.54, 1.807) is 0 Å². The molecule has 0 unspecified atom stereocenters. The molecule has 0 aliphatic carbocycles. The van der Waals surface area contributed by atoms with Crippen LogP contribution in [0.5, 0.6) is 0 Å². The summed E-state index contributed by atoms with van der Waals surface area (Å²) in [7, 11) is 4.07. The minimum absolute atomic E-state index is 0.0679. The van der Waals surface area contributed by atoms with E-state index in [-0.39, 0.29) is 5.56 Å². The summed E-state index contributed by atoms with van der Waals surface area (Å²) in [5, 5.41) is 5.07. The van der Waals surface area contributed by atoms with Gasteiger partial charge in [-0.15, -0.1) is 0 Å². The first-order valence-corrected chi connectivity index (χ1v) is 11.0. The third-order valence-corrected chi connectivity index (χ3v) is 5.84. The maximum atomic E-state index is 12.8. The molecule has 0 saturated heterocycles. The Hall–Kier alpha value is -2.70.